The Hall–Kier alpha value is -4.13. The molecule has 3 aromatic heterocycles. The van der Waals surface area contributed by atoms with Gasteiger partial charge < -0.3 is 19.6 Å². The highest BCUT2D eigenvalue weighted by Crippen LogP contribution is 2.29. The van der Waals surface area contributed by atoms with Gasteiger partial charge in [-0.1, -0.05) is 37.6 Å². The van der Waals surface area contributed by atoms with Crippen molar-refractivity contribution >= 4 is 27.8 Å². The van der Waals surface area contributed by atoms with E-state index in [1.807, 2.05) is 42.6 Å². The van der Waals surface area contributed by atoms with Gasteiger partial charge in [-0.2, -0.15) is 0 Å². The molecule has 35 heavy (non-hydrogen) atoms. The van der Waals surface area contributed by atoms with Crippen LogP contribution in [0.1, 0.15) is 47.7 Å². The fourth-order valence-electron chi connectivity index (χ4n) is 4.52. The second kappa shape index (κ2) is 10.0. The molecule has 0 saturated heterocycles. The number of unbranched alkanes of at least 4 members (excludes halogenated alkanes) is 1. The van der Waals surface area contributed by atoms with Crippen molar-refractivity contribution < 1.29 is 9.53 Å². The summed E-state index contributed by atoms with van der Waals surface area (Å²) in [6.07, 6.45) is 6.30. The first-order valence-electron chi connectivity index (χ1n) is 12.0. The van der Waals surface area contributed by atoms with E-state index < -0.39 is 0 Å². The number of H-pyrrole nitrogens is 1. The maximum Gasteiger partial charge on any atom is 0.270 e. The highest BCUT2D eigenvalue weighted by atomic mass is 16.5. The van der Waals surface area contributed by atoms with Gasteiger partial charge in [0.25, 0.3) is 5.91 Å². The number of para-hydroxylation sites is 1. The molecule has 0 fully saturated rings. The molecule has 7 nitrogen and oxygen atoms in total. The molecule has 1 atom stereocenters. The second-order valence-corrected chi connectivity index (χ2v) is 8.63. The van der Waals surface area contributed by atoms with E-state index in [9.17, 15) is 4.79 Å². The number of benzene rings is 2. The molecule has 7 heteroatoms. The third kappa shape index (κ3) is 4.62. The first-order chi connectivity index (χ1) is 17.2. The smallest absolute Gasteiger partial charge is 0.270 e. The molecule has 2 aromatic carbocycles. The molecule has 2 N–H and O–H groups in total. The molecule has 5 rings (SSSR count). The first kappa shape index (κ1) is 22.7. The Morgan fingerprint density at radius 1 is 1.14 bits per heavy atom. The van der Waals surface area contributed by atoms with Crippen molar-refractivity contribution in [2.45, 2.75) is 38.8 Å². The number of rotatable bonds is 9. The molecule has 1 amide bonds. The SMILES string of the molecule is CCCCn1c(C(Cc2c[nH]c3ccccc23)NC(=O)c2ccccn2)nc2ccc(OC)cc21. The van der Waals surface area contributed by atoms with Crippen LogP contribution < -0.4 is 10.1 Å². The van der Waals surface area contributed by atoms with Gasteiger partial charge in [0.05, 0.1) is 24.2 Å². The highest BCUT2D eigenvalue weighted by molar-refractivity contribution is 5.92. The molecule has 178 valence electrons. The molecule has 1 unspecified atom stereocenters. The predicted octanol–water partition coefficient (Wildman–Crippen LogP) is 5.44. The van der Waals surface area contributed by atoms with Crippen LogP contribution in [-0.4, -0.2) is 32.5 Å². The number of nitrogens with one attached hydrogen (secondary N) is 2. The number of imidazole rings is 1. The monoisotopic (exact) mass is 467 g/mol. The van der Waals surface area contributed by atoms with Crippen LogP contribution in [0, 0.1) is 0 Å². The molecule has 0 aliphatic carbocycles. The lowest BCUT2D eigenvalue weighted by Crippen LogP contribution is -2.32. The Bertz CT molecular complexity index is 1450. The number of nitrogens with zero attached hydrogens (tertiary/aromatic N) is 3. The summed E-state index contributed by atoms with van der Waals surface area (Å²) in [6.45, 7) is 2.98. The zero-order valence-electron chi connectivity index (χ0n) is 20.0. The summed E-state index contributed by atoms with van der Waals surface area (Å²) in [4.78, 5) is 25.8. The number of pyridine rings is 1. The van der Waals surface area contributed by atoms with Crippen molar-refractivity contribution in [3.63, 3.8) is 0 Å². The number of aromatic nitrogens is 4. The summed E-state index contributed by atoms with van der Waals surface area (Å²) in [6, 6.07) is 19.1. The van der Waals surface area contributed by atoms with E-state index in [2.05, 4.69) is 38.9 Å². The molecular formula is C28H29N5O2. The van der Waals surface area contributed by atoms with E-state index in [1.165, 1.54) is 0 Å². The molecule has 3 heterocycles. The van der Waals surface area contributed by atoms with Crippen LogP contribution in [0.3, 0.4) is 0 Å². The quantitative estimate of drug-likeness (QED) is 0.302. The van der Waals surface area contributed by atoms with Gasteiger partial charge in [0, 0.05) is 42.3 Å². The zero-order chi connectivity index (χ0) is 24.2. The Labute approximate surface area is 204 Å². The van der Waals surface area contributed by atoms with E-state index in [-0.39, 0.29) is 11.9 Å². The minimum atomic E-state index is -0.348. The lowest BCUT2D eigenvalue weighted by molar-refractivity contribution is 0.0929. The van der Waals surface area contributed by atoms with Crippen LogP contribution in [0.4, 0.5) is 0 Å². The lowest BCUT2D eigenvalue weighted by Gasteiger charge is -2.20. The minimum Gasteiger partial charge on any atom is -0.497 e. The molecular weight excluding hydrogens is 438 g/mol. The van der Waals surface area contributed by atoms with Crippen molar-refractivity contribution in [3.8, 4) is 5.75 Å². The fraction of sp³-hybridized carbons (Fsp3) is 0.250. The van der Waals surface area contributed by atoms with Gasteiger partial charge in [-0.25, -0.2) is 4.98 Å². The number of fused-ring (bicyclic) bond motifs is 2. The van der Waals surface area contributed by atoms with E-state index in [1.54, 1.807) is 25.4 Å². The number of methoxy groups -OCH3 is 1. The molecule has 0 aliphatic heterocycles. The van der Waals surface area contributed by atoms with Gasteiger partial charge in [0.1, 0.15) is 17.3 Å². The van der Waals surface area contributed by atoms with Gasteiger partial charge in [0.15, 0.2) is 0 Å². The predicted molar refractivity (Wildman–Crippen MR) is 138 cm³/mol. The van der Waals surface area contributed by atoms with E-state index >= 15 is 0 Å². The van der Waals surface area contributed by atoms with Crippen molar-refractivity contribution in [3.05, 3.63) is 90.1 Å². The average molecular weight is 468 g/mol. The lowest BCUT2D eigenvalue weighted by atomic mass is 10.0. The number of ether oxygens (including phenoxy) is 1. The Morgan fingerprint density at radius 3 is 2.80 bits per heavy atom. The minimum absolute atomic E-state index is 0.220. The summed E-state index contributed by atoms with van der Waals surface area (Å²) in [5.74, 6) is 1.39. The number of hydrogen-bond acceptors (Lipinski definition) is 4. The third-order valence-electron chi connectivity index (χ3n) is 6.33. The number of hydrogen-bond donors (Lipinski definition) is 2. The van der Waals surface area contributed by atoms with Crippen molar-refractivity contribution in [1.82, 2.24) is 24.8 Å². The summed E-state index contributed by atoms with van der Waals surface area (Å²) in [7, 11) is 1.67. The summed E-state index contributed by atoms with van der Waals surface area (Å²) in [5, 5.41) is 4.37. The zero-order valence-corrected chi connectivity index (χ0v) is 20.0. The van der Waals surface area contributed by atoms with Crippen molar-refractivity contribution in [2.75, 3.05) is 7.11 Å². The maximum absolute atomic E-state index is 13.2. The Morgan fingerprint density at radius 2 is 2.00 bits per heavy atom. The maximum atomic E-state index is 13.2. The molecule has 5 aromatic rings. The number of aromatic amines is 1. The normalized spacial score (nSPS) is 12.2. The van der Waals surface area contributed by atoms with E-state index in [0.29, 0.717) is 12.1 Å². The van der Waals surface area contributed by atoms with Gasteiger partial charge in [-0.3, -0.25) is 9.78 Å². The highest BCUT2D eigenvalue weighted by Gasteiger charge is 2.25. The van der Waals surface area contributed by atoms with Gasteiger partial charge in [0.2, 0.25) is 0 Å². The van der Waals surface area contributed by atoms with Crippen LogP contribution in [0.15, 0.2) is 73.1 Å². The fourth-order valence-corrected chi connectivity index (χ4v) is 4.52. The van der Waals surface area contributed by atoms with Crippen LogP contribution in [0.5, 0.6) is 5.75 Å². The largest absolute Gasteiger partial charge is 0.497 e. The van der Waals surface area contributed by atoms with E-state index in [4.69, 9.17) is 9.72 Å². The van der Waals surface area contributed by atoms with Crippen molar-refractivity contribution in [1.29, 1.82) is 0 Å². The second-order valence-electron chi connectivity index (χ2n) is 8.63. The number of carbonyl (C=O) groups excluding carboxylic acids is 1. The number of carbonyl (C=O) groups is 1. The van der Waals surface area contributed by atoms with Gasteiger partial charge in [-0.15, -0.1) is 0 Å². The van der Waals surface area contributed by atoms with Gasteiger partial charge in [-0.05, 0) is 42.3 Å². The summed E-state index contributed by atoms with van der Waals surface area (Å²) >= 11 is 0. The third-order valence-corrected chi connectivity index (χ3v) is 6.33. The Kier molecular flexibility index (Phi) is 6.48. The summed E-state index contributed by atoms with van der Waals surface area (Å²) in [5.41, 5.74) is 4.46. The standard InChI is InChI=1S/C28H29N5O2/c1-3-4-15-33-26-17-20(35-2)12-13-23(26)31-27(33)25(32-28(34)24-11-7-8-14-29-24)16-19-18-30-22-10-6-5-9-21(19)22/h5-14,17-18,25,30H,3-4,15-16H2,1-2H3,(H,32,34). The summed E-state index contributed by atoms with van der Waals surface area (Å²) < 4.78 is 7.71. The Balaban J connectivity index is 1.60. The van der Waals surface area contributed by atoms with E-state index in [0.717, 1.165) is 58.5 Å². The molecule has 0 radical (unpaired) electrons. The number of aryl methyl sites for hydroxylation is 1. The molecule has 0 bridgehead atoms. The molecule has 0 aliphatic rings. The van der Waals surface area contributed by atoms with Crippen molar-refractivity contribution in [2.24, 2.45) is 0 Å². The topological polar surface area (TPSA) is 84.8 Å². The van der Waals surface area contributed by atoms with Crippen LogP contribution in [0.25, 0.3) is 21.9 Å². The number of amides is 1. The van der Waals surface area contributed by atoms with Crippen LogP contribution >= 0.6 is 0 Å². The molecule has 0 saturated carbocycles. The average Bonchev–Trinajstić information content (AvgIpc) is 3.48. The van der Waals surface area contributed by atoms with Gasteiger partial charge >= 0.3 is 0 Å². The van der Waals surface area contributed by atoms with Crippen LogP contribution in [0.2, 0.25) is 0 Å². The van der Waals surface area contributed by atoms with Crippen LogP contribution in [-0.2, 0) is 13.0 Å². The molecule has 0 spiro atoms. The first-order valence-corrected chi connectivity index (χ1v) is 12.0.